The summed E-state index contributed by atoms with van der Waals surface area (Å²) in [7, 11) is 0. The minimum atomic E-state index is -1.69. The van der Waals surface area contributed by atoms with E-state index in [-0.39, 0.29) is 19.6 Å². The average molecular weight is 192 g/mol. The van der Waals surface area contributed by atoms with Gasteiger partial charge >= 0.3 is 0 Å². The van der Waals surface area contributed by atoms with E-state index in [9.17, 15) is 15.3 Å². The van der Waals surface area contributed by atoms with Crippen LogP contribution in [0.4, 0.5) is 0 Å². The lowest BCUT2D eigenvalue weighted by Gasteiger charge is -2.39. The molecule has 5 nitrogen and oxygen atoms in total. The van der Waals surface area contributed by atoms with Gasteiger partial charge in [0, 0.05) is 13.0 Å². The normalized spacial score (nSPS) is 40.6. The topological polar surface area (TPSA) is 90.2 Å². The van der Waals surface area contributed by atoms with E-state index in [2.05, 4.69) is 0 Å². The molecule has 1 fully saturated rings. The minimum Gasteiger partial charge on any atom is -0.396 e. The van der Waals surface area contributed by atoms with E-state index in [0.29, 0.717) is 12.8 Å². The molecule has 0 spiro atoms. The maximum Gasteiger partial charge on any atom is 0.194 e. The van der Waals surface area contributed by atoms with Crippen LogP contribution in [-0.2, 0) is 4.74 Å². The molecule has 0 saturated carbocycles. The maximum atomic E-state index is 9.70. The van der Waals surface area contributed by atoms with Gasteiger partial charge < -0.3 is 25.2 Å². The van der Waals surface area contributed by atoms with Crippen LogP contribution >= 0.6 is 0 Å². The van der Waals surface area contributed by atoms with Crippen molar-refractivity contribution in [3.63, 3.8) is 0 Å². The van der Waals surface area contributed by atoms with Crippen LogP contribution in [0.15, 0.2) is 0 Å². The Morgan fingerprint density at radius 1 is 1.38 bits per heavy atom. The first kappa shape index (κ1) is 10.9. The summed E-state index contributed by atoms with van der Waals surface area (Å²) in [6.45, 7) is 0.147. The number of aliphatic hydroxyl groups is 4. The summed E-state index contributed by atoms with van der Waals surface area (Å²) in [4.78, 5) is 0. The molecule has 1 rings (SSSR count). The number of rotatable bonds is 3. The van der Waals surface area contributed by atoms with Crippen LogP contribution in [0.5, 0.6) is 0 Å². The zero-order valence-electron chi connectivity index (χ0n) is 7.39. The van der Waals surface area contributed by atoms with Crippen LogP contribution in [-0.4, -0.2) is 51.6 Å². The smallest absolute Gasteiger partial charge is 0.194 e. The van der Waals surface area contributed by atoms with Crippen molar-refractivity contribution in [2.45, 2.75) is 37.3 Å². The SMILES string of the molecule is OCCC[C@@]1(O)OCCC(O)C1O. The lowest BCUT2D eigenvalue weighted by molar-refractivity contribution is -0.302. The fourth-order valence-electron chi connectivity index (χ4n) is 1.45. The van der Waals surface area contributed by atoms with Crippen LogP contribution in [0.2, 0.25) is 0 Å². The molecule has 3 atom stereocenters. The molecule has 0 radical (unpaired) electrons. The summed E-state index contributed by atoms with van der Waals surface area (Å²) in [5, 5.41) is 36.9. The first-order chi connectivity index (χ1) is 6.10. The molecule has 0 aliphatic carbocycles. The third-order valence-corrected chi connectivity index (χ3v) is 2.29. The molecule has 4 N–H and O–H groups in total. The van der Waals surface area contributed by atoms with Crippen LogP contribution in [0, 0.1) is 0 Å². The van der Waals surface area contributed by atoms with Gasteiger partial charge in [0.1, 0.15) is 6.10 Å². The van der Waals surface area contributed by atoms with Gasteiger partial charge in [-0.3, -0.25) is 0 Å². The Hall–Kier alpha value is -0.200. The van der Waals surface area contributed by atoms with E-state index in [1.54, 1.807) is 0 Å². The van der Waals surface area contributed by atoms with Gasteiger partial charge in [0.25, 0.3) is 0 Å². The quantitative estimate of drug-likeness (QED) is 0.441. The Bertz CT molecular complexity index is 163. The summed E-state index contributed by atoms with van der Waals surface area (Å²) in [5.74, 6) is -1.69. The van der Waals surface area contributed by atoms with Crippen molar-refractivity contribution in [2.24, 2.45) is 0 Å². The molecular weight excluding hydrogens is 176 g/mol. The monoisotopic (exact) mass is 192 g/mol. The highest BCUT2D eigenvalue weighted by Crippen LogP contribution is 2.27. The molecule has 13 heavy (non-hydrogen) atoms. The number of aliphatic hydroxyl groups excluding tert-OH is 3. The molecule has 0 bridgehead atoms. The molecule has 1 heterocycles. The first-order valence-electron chi connectivity index (χ1n) is 4.43. The van der Waals surface area contributed by atoms with E-state index in [1.807, 2.05) is 0 Å². The molecular formula is C8H16O5. The largest absolute Gasteiger partial charge is 0.396 e. The van der Waals surface area contributed by atoms with E-state index >= 15 is 0 Å². The van der Waals surface area contributed by atoms with Gasteiger partial charge in [-0.15, -0.1) is 0 Å². The fourth-order valence-corrected chi connectivity index (χ4v) is 1.45. The molecule has 1 aliphatic heterocycles. The van der Waals surface area contributed by atoms with Crippen molar-refractivity contribution in [1.82, 2.24) is 0 Å². The highest BCUT2D eigenvalue weighted by atomic mass is 16.6. The lowest BCUT2D eigenvalue weighted by Crippen LogP contribution is -2.55. The van der Waals surface area contributed by atoms with E-state index in [4.69, 9.17) is 9.84 Å². The predicted octanol–water partition coefficient (Wildman–Crippen LogP) is -1.41. The van der Waals surface area contributed by atoms with Gasteiger partial charge in [0.05, 0.1) is 12.7 Å². The van der Waals surface area contributed by atoms with Crippen molar-refractivity contribution in [3.8, 4) is 0 Å². The van der Waals surface area contributed by atoms with E-state index in [0.717, 1.165) is 0 Å². The molecule has 2 unspecified atom stereocenters. The minimum absolute atomic E-state index is 0.0749. The Morgan fingerprint density at radius 2 is 2.08 bits per heavy atom. The third-order valence-electron chi connectivity index (χ3n) is 2.29. The van der Waals surface area contributed by atoms with Gasteiger partial charge in [-0.1, -0.05) is 0 Å². The Labute approximate surface area is 76.6 Å². The summed E-state index contributed by atoms with van der Waals surface area (Å²) in [5.41, 5.74) is 0. The molecule has 0 aromatic heterocycles. The van der Waals surface area contributed by atoms with Crippen molar-refractivity contribution >= 4 is 0 Å². The average Bonchev–Trinajstić information content (AvgIpc) is 2.11. The first-order valence-corrected chi connectivity index (χ1v) is 4.43. The molecule has 0 aromatic carbocycles. The standard InChI is InChI=1S/C8H16O5/c9-4-1-3-8(12)7(11)6(10)2-5-13-8/h6-7,9-12H,1-5H2/t6?,7?,8-/m1/s1. The lowest BCUT2D eigenvalue weighted by atomic mass is 9.95. The molecule has 1 aliphatic rings. The van der Waals surface area contributed by atoms with Crippen LogP contribution in [0.1, 0.15) is 19.3 Å². The zero-order chi connectivity index (χ0) is 9.90. The molecule has 78 valence electrons. The van der Waals surface area contributed by atoms with E-state index < -0.39 is 18.0 Å². The second kappa shape index (κ2) is 4.34. The highest BCUT2D eigenvalue weighted by molar-refractivity contribution is 4.86. The molecule has 5 heteroatoms. The van der Waals surface area contributed by atoms with Gasteiger partial charge in [0.15, 0.2) is 5.79 Å². The maximum absolute atomic E-state index is 9.70. The van der Waals surface area contributed by atoms with Crippen LogP contribution in [0.3, 0.4) is 0 Å². The summed E-state index contributed by atoms with van der Waals surface area (Å²) < 4.78 is 4.98. The summed E-state index contributed by atoms with van der Waals surface area (Å²) in [6, 6.07) is 0. The van der Waals surface area contributed by atoms with Gasteiger partial charge in [-0.2, -0.15) is 0 Å². The van der Waals surface area contributed by atoms with Crippen LogP contribution < -0.4 is 0 Å². The fraction of sp³-hybridized carbons (Fsp3) is 1.00. The summed E-state index contributed by atoms with van der Waals surface area (Å²) >= 11 is 0. The third kappa shape index (κ3) is 2.38. The zero-order valence-corrected chi connectivity index (χ0v) is 7.39. The van der Waals surface area contributed by atoms with Crippen molar-refractivity contribution in [2.75, 3.05) is 13.2 Å². The second-order valence-corrected chi connectivity index (χ2v) is 3.32. The predicted molar refractivity (Wildman–Crippen MR) is 43.9 cm³/mol. The second-order valence-electron chi connectivity index (χ2n) is 3.32. The number of hydrogen-bond acceptors (Lipinski definition) is 5. The Kier molecular flexibility index (Phi) is 3.63. The molecule has 0 aromatic rings. The number of ether oxygens (including phenoxy) is 1. The van der Waals surface area contributed by atoms with Crippen LogP contribution in [0.25, 0.3) is 0 Å². The molecule has 0 amide bonds. The van der Waals surface area contributed by atoms with Gasteiger partial charge in [-0.05, 0) is 12.8 Å². The van der Waals surface area contributed by atoms with Crippen molar-refractivity contribution in [1.29, 1.82) is 0 Å². The Balaban J connectivity index is 2.53. The van der Waals surface area contributed by atoms with Gasteiger partial charge in [-0.25, -0.2) is 0 Å². The van der Waals surface area contributed by atoms with Crippen molar-refractivity contribution in [3.05, 3.63) is 0 Å². The molecule has 1 saturated heterocycles. The highest BCUT2D eigenvalue weighted by Gasteiger charge is 2.43. The Morgan fingerprint density at radius 3 is 2.69 bits per heavy atom. The number of hydrogen-bond donors (Lipinski definition) is 4. The summed E-state index contributed by atoms with van der Waals surface area (Å²) in [6.07, 6.45) is -1.45. The van der Waals surface area contributed by atoms with Crippen molar-refractivity contribution < 1.29 is 25.2 Å². The van der Waals surface area contributed by atoms with Gasteiger partial charge in [0.2, 0.25) is 0 Å². The van der Waals surface area contributed by atoms with E-state index in [1.165, 1.54) is 0 Å².